The Morgan fingerprint density at radius 1 is 0.621 bits per heavy atom. The first-order chi connectivity index (χ1) is 54.6. The van der Waals surface area contributed by atoms with Crippen molar-refractivity contribution in [3.8, 4) is 23.0 Å². The van der Waals surface area contributed by atoms with E-state index >= 15 is 0 Å². The summed E-state index contributed by atoms with van der Waals surface area (Å²) >= 11 is 0. The number of piperazine rings is 1. The minimum atomic E-state index is -4.98. The summed E-state index contributed by atoms with van der Waals surface area (Å²) in [5.74, 6) is -3.12. The van der Waals surface area contributed by atoms with E-state index in [9.17, 15) is 60.5 Å². The summed E-state index contributed by atoms with van der Waals surface area (Å²) in [5, 5.41) is 15.3. The monoisotopic (exact) mass is 1660 g/mol. The van der Waals surface area contributed by atoms with Gasteiger partial charge in [0.05, 0.1) is 119 Å². The Labute approximate surface area is 680 Å². The minimum Gasteiger partial charge on any atom is -0.478 e. The number of sulfonamides is 1. The molecular formula is C80H121F3N12O20S. The summed E-state index contributed by atoms with van der Waals surface area (Å²) in [6, 6.07) is 12.7. The highest BCUT2D eigenvalue weighted by Gasteiger charge is 2.42. The maximum atomic E-state index is 15.0. The lowest BCUT2D eigenvalue weighted by Crippen LogP contribution is -2.55. The van der Waals surface area contributed by atoms with Gasteiger partial charge in [-0.05, 0) is 153 Å². The van der Waals surface area contributed by atoms with Crippen molar-refractivity contribution in [1.82, 2.24) is 49.1 Å². The summed E-state index contributed by atoms with van der Waals surface area (Å²) in [6.07, 6.45) is -2.94. The van der Waals surface area contributed by atoms with Gasteiger partial charge in [0.15, 0.2) is 10.6 Å². The topological polar surface area (TPSA) is 345 Å². The lowest BCUT2D eigenvalue weighted by Gasteiger charge is -2.43. The molecule has 6 rings (SSSR count). The first-order valence-corrected chi connectivity index (χ1v) is 41.0. The van der Waals surface area contributed by atoms with Gasteiger partial charge in [0.2, 0.25) is 27.7 Å². The Morgan fingerprint density at radius 2 is 1.15 bits per heavy atom. The number of para-hydroxylation sites is 1. The van der Waals surface area contributed by atoms with E-state index in [1.165, 1.54) is 23.1 Å². The van der Waals surface area contributed by atoms with Crippen molar-refractivity contribution in [2.45, 2.75) is 182 Å². The van der Waals surface area contributed by atoms with E-state index in [0.717, 1.165) is 22.5 Å². The van der Waals surface area contributed by atoms with Crippen LogP contribution in [0.1, 0.15) is 151 Å². The van der Waals surface area contributed by atoms with Gasteiger partial charge in [-0.2, -0.15) is 17.5 Å². The number of anilines is 1. The van der Waals surface area contributed by atoms with Crippen LogP contribution in [0.3, 0.4) is 0 Å². The number of hydrogen-bond acceptors (Lipinski definition) is 28. The van der Waals surface area contributed by atoms with Crippen LogP contribution in [-0.2, 0) is 84.6 Å². The van der Waals surface area contributed by atoms with Crippen LogP contribution in [0.2, 0.25) is 0 Å². The van der Waals surface area contributed by atoms with Gasteiger partial charge in [-0.15, -0.1) is 0 Å². The Balaban J connectivity index is 1.03. The van der Waals surface area contributed by atoms with Crippen molar-refractivity contribution >= 4 is 57.1 Å². The van der Waals surface area contributed by atoms with Gasteiger partial charge in [0.1, 0.15) is 28.4 Å². The molecule has 1 unspecified atom stereocenters. The fraction of sp³-hybridized carbons (Fsp3) is 0.662. The van der Waals surface area contributed by atoms with Crippen molar-refractivity contribution < 1.29 is 103 Å². The van der Waals surface area contributed by atoms with Crippen LogP contribution in [0.4, 0.5) is 24.5 Å². The smallest absolute Gasteiger partial charge is 0.434 e. The number of ether oxygens (including phenoxy) is 10. The molecule has 2 atom stereocenters. The largest absolute Gasteiger partial charge is 0.478 e. The average Bonchev–Trinajstić information content (AvgIpc) is 0.773. The summed E-state index contributed by atoms with van der Waals surface area (Å²) in [4.78, 5) is 117. The van der Waals surface area contributed by atoms with E-state index in [1.54, 1.807) is 127 Å². The maximum Gasteiger partial charge on any atom is 0.434 e. The second kappa shape index (κ2) is 45.6. The zero-order valence-corrected chi connectivity index (χ0v) is 70.9. The fourth-order valence-corrected chi connectivity index (χ4v) is 14.4. The first-order valence-electron chi connectivity index (χ1n) is 39.5. The molecule has 3 aromatic heterocycles. The molecule has 2 fully saturated rings. The van der Waals surface area contributed by atoms with Gasteiger partial charge in [-0.3, -0.25) is 58.5 Å². The van der Waals surface area contributed by atoms with Crippen LogP contribution in [0.25, 0.3) is 11.3 Å². The minimum absolute atomic E-state index is 0.0316. The summed E-state index contributed by atoms with van der Waals surface area (Å²) in [7, 11) is -4.70. The number of hydrogen-bond donors (Lipinski definition) is 1. The molecule has 2 saturated heterocycles. The van der Waals surface area contributed by atoms with Crippen LogP contribution in [0, 0.1) is 10.1 Å². The number of nitro benzene ring substituents is 1. The van der Waals surface area contributed by atoms with Crippen LogP contribution >= 0.6 is 0 Å². The number of halogens is 3. The van der Waals surface area contributed by atoms with Crippen molar-refractivity contribution in [2.24, 2.45) is 0 Å². The predicted molar refractivity (Wildman–Crippen MR) is 425 cm³/mol. The number of carbonyl (C=O) groups is 6. The number of pyridine rings is 3. The van der Waals surface area contributed by atoms with Crippen LogP contribution in [-0.4, -0.2) is 298 Å². The number of alkyl halides is 3. The molecule has 0 spiro atoms. The zero-order chi connectivity index (χ0) is 85.6. The molecule has 36 heteroatoms. The average molecular weight is 1660 g/mol. The number of rotatable bonds is 40. The molecule has 2 aliphatic rings. The molecular weight excluding hydrogens is 1540 g/mol. The SMILES string of the molecule is CCOc1ccc(C(=O)N2CCN(c3ccc(-c4cccnc4OCC)nc3CN(CCCOCCOCCOCCOCCNC(=O)CCC(C(=O)OC(C)(C)C)N3CCN(CC(=O)OC(C)(C)C)CCN(CC(=O)OC(C)(C)C)CCN(CC(=O)OC(C)(C)C)CC3)S(=O)(=O)c3ccccc3[N+](=O)[O-])[C@H](CC)C2)c(C(F)(F)F)n1. The van der Waals surface area contributed by atoms with E-state index in [4.69, 9.17) is 52.4 Å². The molecule has 0 bridgehead atoms. The normalized spacial score (nSPS) is 16.1. The number of benzene rings is 1. The highest BCUT2D eigenvalue weighted by atomic mass is 32.2. The number of nitro groups is 1. The molecule has 0 radical (unpaired) electrons. The van der Waals surface area contributed by atoms with Gasteiger partial charge >= 0.3 is 30.1 Å². The standard InChI is InChI=1S/C80H121F3N12O20S/c1-16-58-53-92(74(100)60-26-31-68(110-17-2)87-72(60)80(81,82)83)43-44-94(58)63-28-27-61(59-23-21-32-85-73(59)111-18-3)86-62(63)54-93(116(104,105)66-25-20-19-24-64(66)95(102)103)34-22-45-106-47-49-108-51-52-109-50-48-107-46-33-84-67(96)30-29-65(75(101)115-79(13,14)15)91-41-39-89(56-70(98)113-77(7,8)9)37-35-88(55-69(97)112-76(4,5)6)36-38-90(40-42-91)57-71(99)114-78(10,11)12/h19-21,23-28,31-32,58,65H,16-18,22,29-30,33-57H2,1-15H3,(H,84,96)/t58-,65?/m1/s1. The third kappa shape index (κ3) is 33.2. The van der Waals surface area contributed by atoms with Gasteiger partial charge in [-0.1, -0.05) is 19.1 Å². The number of amides is 2. The number of esters is 4. The van der Waals surface area contributed by atoms with E-state index in [0.29, 0.717) is 49.5 Å². The highest BCUT2D eigenvalue weighted by Crippen LogP contribution is 2.37. The Bertz CT molecular complexity index is 3900. The van der Waals surface area contributed by atoms with E-state index < -0.39 is 114 Å². The maximum absolute atomic E-state index is 15.0. The number of aromatic nitrogens is 3. The summed E-state index contributed by atoms with van der Waals surface area (Å²) < 4.78 is 132. The molecule has 0 aliphatic carbocycles. The van der Waals surface area contributed by atoms with Crippen molar-refractivity contribution in [3.05, 3.63) is 93.9 Å². The molecule has 1 N–H and O–H groups in total. The summed E-state index contributed by atoms with van der Waals surface area (Å²) in [5.41, 5.74) is -4.30. The van der Waals surface area contributed by atoms with E-state index in [2.05, 4.69) is 15.3 Å². The first kappa shape index (κ1) is 96.5. The van der Waals surface area contributed by atoms with Gasteiger partial charge in [0, 0.05) is 122 Å². The molecule has 2 amide bonds. The second-order valence-electron chi connectivity index (χ2n) is 31.9. The molecule has 1 aromatic carbocycles. The molecule has 116 heavy (non-hydrogen) atoms. The van der Waals surface area contributed by atoms with Crippen LogP contribution in [0.15, 0.2) is 71.8 Å². The molecule has 4 aromatic rings. The summed E-state index contributed by atoms with van der Waals surface area (Å²) in [6.45, 7) is 29.8. The van der Waals surface area contributed by atoms with Crippen molar-refractivity contribution in [3.63, 3.8) is 0 Å². The third-order valence-electron chi connectivity index (χ3n) is 17.8. The third-order valence-corrected chi connectivity index (χ3v) is 19.7. The molecule has 2 aliphatic heterocycles. The second-order valence-corrected chi connectivity index (χ2v) is 33.8. The Kier molecular flexibility index (Phi) is 37.9. The Morgan fingerprint density at radius 3 is 1.66 bits per heavy atom. The zero-order valence-electron chi connectivity index (χ0n) is 70.1. The van der Waals surface area contributed by atoms with Gasteiger partial charge < -0.3 is 62.5 Å². The quantitative estimate of drug-likeness (QED) is 0.0143. The predicted octanol–water partition coefficient (Wildman–Crippen LogP) is 8.50. The van der Waals surface area contributed by atoms with Crippen LogP contribution in [0.5, 0.6) is 11.8 Å². The highest BCUT2D eigenvalue weighted by molar-refractivity contribution is 7.89. The van der Waals surface area contributed by atoms with Gasteiger partial charge in [0.25, 0.3) is 11.6 Å². The lowest BCUT2D eigenvalue weighted by atomic mass is 10.0. The lowest BCUT2D eigenvalue weighted by molar-refractivity contribution is -0.387. The molecule has 32 nitrogen and oxygen atoms in total. The molecule has 0 saturated carbocycles. The van der Waals surface area contributed by atoms with Gasteiger partial charge in [-0.25, -0.2) is 23.4 Å². The number of carbonyl (C=O) groups excluding carboxylic acids is 6. The molecule has 5 heterocycles. The van der Waals surface area contributed by atoms with E-state index in [-0.39, 0.29) is 187 Å². The van der Waals surface area contributed by atoms with Crippen LogP contribution < -0.4 is 19.7 Å². The van der Waals surface area contributed by atoms with Crippen molar-refractivity contribution in [1.29, 1.82) is 0 Å². The Hall–Kier alpha value is -8.33. The van der Waals surface area contributed by atoms with Crippen molar-refractivity contribution in [2.75, 3.05) is 176 Å². The molecule has 648 valence electrons. The van der Waals surface area contributed by atoms with E-state index in [1.807, 2.05) is 31.4 Å². The fourth-order valence-electron chi connectivity index (χ4n) is 12.8. The number of nitrogens with zero attached hydrogens (tertiary/aromatic N) is 11. The number of nitrogens with one attached hydrogen (secondary N) is 1.